The molecule has 2 aromatic rings. The molecule has 0 aliphatic heterocycles. The van der Waals surface area contributed by atoms with E-state index in [9.17, 15) is 14.9 Å². The average Bonchev–Trinajstić information content (AvgIpc) is 2.25. The third kappa shape index (κ3) is 1.74. The Morgan fingerprint density at radius 3 is 2.71 bits per heavy atom. The van der Waals surface area contributed by atoms with Crippen molar-refractivity contribution in [3.8, 4) is 0 Å². The second-order valence-corrected chi connectivity index (χ2v) is 4.63. The predicted octanol–water partition coefficient (Wildman–Crippen LogP) is 2.18. The smallest absolute Gasteiger partial charge is 0.324 e. The Hall–Kier alpha value is -1.69. The highest BCUT2D eigenvalue weighted by Gasteiger charge is 2.23. The summed E-state index contributed by atoms with van der Waals surface area (Å²) in [5, 5.41) is 11.9. The molecule has 0 saturated heterocycles. The molecular formula is C11H9BrN2O3. The minimum atomic E-state index is -0.424. The van der Waals surface area contributed by atoms with Crippen LogP contribution in [0, 0.1) is 17.0 Å². The van der Waals surface area contributed by atoms with E-state index in [0.29, 0.717) is 13.6 Å². The lowest BCUT2D eigenvalue weighted by atomic mass is 10.2. The van der Waals surface area contributed by atoms with Gasteiger partial charge in [0.1, 0.15) is 5.52 Å². The summed E-state index contributed by atoms with van der Waals surface area (Å²) >= 11 is 3.23. The summed E-state index contributed by atoms with van der Waals surface area (Å²) in [6.45, 7) is 2.72. The van der Waals surface area contributed by atoms with Gasteiger partial charge in [0.15, 0.2) is 0 Å². The molecule has 0 amide bonds. The number of rotatable bonds is 1. The van der Waals surface area contributed by atoms with Crippen molar-refractivity contribution in [1.29, 1.82) is 0 Å². The van der Waals surface area contributed by atoms with E-state index in [-0.39, 0.29) is 22.4 Å². The summed E-state index contributed by atoms with van der Waals surface area (Å²) in [5.41, 5.74) is 0.406. The SMILES string of the molecule is CC(=O)c1c(C)n([O-])c2cc(Br)ccc2[n+]1=O. The van der Waals surface area contributed by atoms with Gasteiger partial charge in [-0.25, -0.2) is 0 Å². The molecule has 0 unspecified atom stereocenters. The van der Waals surface area contributed by atoms with Gasteiger partial charge in [-0.15, -0.1) is 0 Å². The molecule has 1 heterocycles. The lowest BCUT2D eigenvalue weighted by Crippen LogP contribution is -2.29. The molecule has 2 rings (SSSR count). The van der Waals surface area contributed by atoms with Crippen LogP contribution in [0.4, 0.5) is 0 Å². The van der Waals surface area contributed by atoms with Crippen LogP contribution in [0.2, 0.25) is 0 Å². The summed E-state index contributed by atoms with van der Waals surface area (Å²) in [6, 6.07) is 4.70. The average molecular weight is 297 g/mol. The fourth-order valence-corrected chi connectivity index (χ4v) is 2.12. The topological polar surface area (TPSA) is 68.0 Å². The molecule has 0 aliphatic rings. The maximum Gasteiger partial charge on any atom is 0.324 e. The van der Waals surface area contributed by atoms with Gasteiger partial charge >= 0.3 is 5.69 Å². The van der Waals surface area contributed by atoms with Crippen LogP contribution in [0.15, 0.2) is 22.7 Å². The zero-order valence-electron chi connectivity index (χ0n) is 9.23. The number of carbonyl (C=O) groups is 1. The number of fused-ring (bicyclic) bond motifs is 1. The van der Waals surface area contributed by atoms with Gasteiger partial charge in [-0.2, -0.15) is 0 Å². The molecule has 17 heavy (non-hydrogen) atoms. The Kier molecular flexibility index (Phi) is 2.74. The molecule has 0 fully saturated rings. The van der Waals surface area contributed by atoms with E-state index in [1.54, 1.807) is 12.1 Å². The molecule has 1 aromatic heterocycles. The maximum atomic E-state index is 12.0. The van der Waals surface area contributed by atoms with Gasteiger partial charge in [-0.1, -0.05) is 15.9 Å². The number of hydrogen-bond donors (Lipinski definition) is 0. The maximum absolute atomic E-state index is 12.0. The highest BCUT2D eigenvalue weighted by Crippen LogP contribution is 2.19. The molecule has 0 radical (unpaired) electrons. The number of nitrogens with zero attached hydrogens (tertiary/aromatic N) is 2. The fourth-order valence-electron chi connectivity index (χ4n) is 1.77. The quantitative estimate of drug-likeness (QED) is 0.598. The van der Waals surface area contributed by atoms with Crippen LogP contribution in [-0.4, -0.2) is 10.5 Å². The Morgan fingerprint density at radius 1 is 1.47 bits per heavy atom. The molecule has 0 N–H and O–H groups in total. The molecule has 5 nitrogen and oxygen atoms in total. The summed E-state index contributed by atoms with van der Waals surface area (Å²) in [7, 11) is 0. The number of aromatic nitrogens is 2. The van der Waals surface area contributed by atoms with Crippen LogP contribution in [0.5, 0.6) is 0 Å². The molecular weight excluding hydrogens is 288 g/mol. The van der Waals surface area contributed by atoms with Crippen LogP contribution >= 0.6 is 15.9 Å². The highest BCUT2D eigenvalue weighted by atomic mass is 79.9. The zero-order valence-corrected chi connectivity index (χ0v) is 10.8. The summed E-state index contributed by atoms with van der Waals surface area (Å²) in [4.78, 5) is 23.4. The van der Waals surface area contributed by atoms with E-state index < -0.39 is 5.78 Å². The van der Waals surface area contributed by atoms with Gasteiger partial charge in [0.05, 0.1) is 10.1 Å². The van der Waals surface area contributed by atoms with Crippen LogP contribution in [0.25, 0.3) is 11.0 Å². The molecule has 88 valence electrons. The molecule has 0 spiro atoms. The fraction of sp³-hybridized carbons (Fsp3) is 0.182. The van der Waals surface area contributed by atoms with Gasteiger partial charge in [0.2, 0.25) is 5.78 Å². The van der Waals surface area contributed by atoms with Crippen molar-refractivity contribution < 1.29 is 9.22 Å². The number of benzene rings is 1. The standard InChI is InChI=1S/C11H9BrN2O3/c1-6-11(7(2)15)14(17)9-4-3-8(12)5-10(9)13(6)16/h3-5H,1-2H3. The third-order valence-electron chi connectivity index (χ3n) is 2.56. The minimum Gasteiger partial charge on any atom is -0.805 e. The summed E-state index contributed by atoms with van der Waals surface area (Å²) < 4.78 is 1.81. The van der Waals surface area contributed by atoms with Gasteiger partial charge in [0.25, 0.3) is 5.52 Å². The normalized spacial score (nSPS) is 10.8. The molecule has 0 aliphatic carbocycles. The first kappa shape index (κ1) is 11.8. The molecule has 0 saturated carbocycles. The Bertz CT molecular complexity index is 691. The highest BCUT2D eigenvalue weighted by molar-refractivity contribution is 9.10. The van der Waals surface area contributed by atoms with Gasteiger partial charge < -0.3 is 9.94 Å². The largest absolute Gasteiger partial charge is 0.805 e. The third-order valence-corrected chi connectivity index (χ3v) is 3.05. The van der Waals surface area contributed by atoms with E-state index in [4.69, 9.17) is 0 Å². The van der Waals surface area contributed by atoms with Gasteiger partial charge in [-0.3, -0.25) is 4.79 Å². The van der Waals surface area contributed by atoms with Crippen molar-refractivity contribution in [2.75, 3.05) is 0 Å². The molecule has 6 heteroatoms. The van der Waals surface area contributed by atoms with Crippen molar-refractivity contribution in [3.63, 3.8) is 0 Å². The van der Waals surface area contributed by atoms with Crippen LogP contribution < -0.4 is 4.43 Å². The number of hydrogen-bond acceptors (Lipinski definition) is 3. The monoisotopic (exact) mass is 296 g/mol. The second kappa shape index (κ2) is 3.96. The summed E-state index contributed by atoms with van der Waals surface area (Å²) in [5.74, 6) is -0.424. The van der Waals surface area contributed by atoms with E-state index in [1.165, 1.54) is 19.9 Å². The van der Waals surface area contributed by atoms with Crippen molar-refractivity contribution in [1.82, 2.24) is 4.73 Å². The number of ketones is 1. The molecule has 1 aromatic carbocycles. The lowest BCUT2D eigenvalue weighted by molar-refractivity contribution is -0.468. The Labute approximate surface area is 105 Å². The van der Waals surface area contributed by atoms with Gasteiger partial charge in [-0.05, 0) is 19.1 Å². The van der Waals surface area contributed by atoms with Gasteiger partial charge in [0, 0.05) is 22.4 Å². The van der Waals surface area contributed by atoms with Crippen molar-refractivity contribution in [3.05, 3.63) is 44.2 Å². The minimum absolute atomic E-state index is 0.109. The summed E-state index contributed by atoms with van der Waals surface area (Å²) in [6.07, 6.45) is 0. The number of carbonyl (C=O) groups excluding carboxylic acids is 1. The first-order chi connectivity index (χ1) is 7.93. The lowest BCUT2D eigenvalue weighted by Gasteiger charge is -2.15. The number of halogens is 1. The van der Waals surface area contributed by atoms with Crippen LogP contribution in [0.1, 0.15) is 23.1 Å². The van der Waals surface area contributed by atoms with Crippen molar-refractivity contribution in [2.24, 2.45) is 0 Å². The first-order valence-corrected chi connectivity index (χ1v) is 5.68. The Morgan fingerprint density at radius 2 is 2.12 bits per heavy atom. The Balaban J connectivity index is 3.05. The van der Waals surface area contributed by atoms with Crippen molar-refractivity contribution >= 4 is 32.7 Å². The first-order valence-electron chi connectivity index (χ1n) is 4.89. The molecule has 0 atom stereocenters. The van der Waals surface area contributed by atoms with E-state index >= 15 is 0 Å². The predicted molar refractivity (Wildman–Crippen MR) is 66.5 cm³/mol. The van der Waals surface area contributed by atoms with E-state index in [0.717, 1.165) is 0 Å². The van der Waals surface area contributed by atoms with Crippen LogP contribution in [-0.2, 0) is 0 Å². The second-order valence-electron chi connectivity index (χ2n) is 3.71. The van der Waals surface area contributed by atoms with Crippen molar-refractivity contribution in [2.45, 2.75) is 13.8 Å². The number of Topliss-reactive ketones (excluding diaryl/α,β-unsaturated/α-hetero) is 1. The zero-order chi connectivity index (χ0) is 12.7. The van der Waals surface area contributed by atoms with E-state index in [1.807, 2.05) is 0 Å². The van der Waals surface area contributed by atoms with Crippen LogP contribution in [0.3, 0.4) is 0 Å². The molecule has 0 bridgehead atoms. The van der Waals surface area contributed by atoms with E-state index in [2.05, 4.69) is 15.9 Å².